The minimum atomic E-state index is -0.644. The van der Waals surface area contributed by atoms with Gasteiger partial charge in [-0.25, -0.2) is 4.98 Å². The van der Waals surface area contributed by atoms with E-state index >= 15 is 0 Å². The SMILES string of the molecule is COCC(O)CN(C)c1nccn(CC(C)C)c1=O. The maximum absolute atomic E-state index is 12.2. The maximum atomic E-state index is 12.2. The van der Waals surface area contributed by atoms with Gasteiger partial charge in [0.05, 0.1) is 12.7 Å². The van der Waals surface area contributed by atoms with Crippen molar-refractivity contribution in [2.24, 2.45) is 5.92 Å². The number of nitrogens with zero attached hydrogens (tertiary/aromatic N) is 3. The molecule has 0 aromatic carbocycles. The van der Waals surface area contributed by atoms with E-state index in [4.69, 9.17) is 4.74 Å². The molecule has 0 fully saturated rings. The molecule has 1 unspecified atom stereocenters. The van der Waals surface area contributed by atoms with Crippen LogP contribution in [0.3, 0.4) is 0 Å². The standard InChI is InChI=1S/C13H23N3O3/c1-10(2)7-16-6-5-14-12(13(16)18)15(3)8-11(17)9-19-4/h5-6,10-11,17H,7-9H2,1-4H3. The zero-order valence-electron chi connectivity index (χ0n) is 12.0. The van der Waals surface area contributed by atoms with Crippen LogP contribution in [0, 0.1) is 5.92 Å². The van der Waals surface area contributed by atoms with Crippen molar-refractivity contribution in [3.63, 3.8) is 0 Å². The van der Waals surface area contributed by atoms with Gasteiger partial charge in [-0.2, -0.15) is 0 Å². The summed E-state index contributed by atoms with van der Waals surface area (Å²) in [7, 11) is 3.27. The smallest absolute Gasteiger partial charge is 0.293 e. The zero-order valence-corrected chi connectivity index (χ0v) is 12.0. The Balaban J connectivity index is 2.85. The Morgan fingerprint density at radius 3 is 2.79 bits per heavy atom. The highest BCUT2D eigenvalue weighted by molar-refractivity contribution is 5.34. The molecule has 0 radical (unpaired) electrons. The number of rotatable bonds is 7. The largest absolute Gasteiger partial charge is 0.389 e. The van der Waals surface area contributed by atoms with E-state index in [9.17, 15) is 9.90 Å². The van der Waals surface area contributed by atoms with Crippen LogP contribution < -0.4 is 10.5 Å². The van der Waals surface area contributed by atoms with Gasteiger partial charge in [0, 0.05) is 39.6 Å². The molecule has 0 aliphatic carbocycles. The van der Waals surface area contributed by atoms with Gasteiger partial charge in [0.25, 0.3) is 5.56 Å². The summed E-state index contributed by atoms with van der Waals surface area (Å²) >= 11 is 0. The van der Waals surface area contributed by atoms with Crippen molar-refractivity contribution in [3.8, 4) is 0 Å². The number of aliphatic hydroxyl groups excluding tert-OH is 1. The Morgan fingerprint density at radius 2 is 2.21 bits per heavy atom. The van der Waals surface area contributed by atoms with Crippen molar-refractivity contribution < 1.29 is 9.84 Å². The summed E-state index contributed by atoms with van der Waals surface area (Å²) in [5.41, 5.74) is -0.136. The van der Waals surface area contributed by atoms with Crippen molar-refractivity contribution in [1.29, 1.82) is 0 Å². The molecule has 0 bridgehead atoms. The third-order valence-corrected chi connectivity index (χ3v) is 2.66. The van der Waals surface area contributed by atoms with E-state index in [0.717, 1.165) is 0 Å². The lowest BCUT2D eigenvalue weighted by Crippen LogP contribution is -2.37. The Hall–Kier alpha value is -1.40. The van der Waals surface area contributed by atoms with Crippen LogP contribution >= 0.6 is 0 Å². The van der Waals surface area contributed by atoms with Gasteiger partial charge >= 0.3 is 0 Å². The monoisotopic (exact) mass is 269 g/mol. The molecule has 0 aliphatic heterocycles. The first-order valence-electron chi connectivity index (χ1n) is 6.39. The van der Waals surface area contributed by atoms with Gasteiger partial charge in [0.1, 0.15) is 0 Å². The second-order valence-electron chi connectivity index (χ2n) is 5.09. The summed E-state index contributed by atoms with van der Waals surface area (Å²) in [5, 5.41) is 9.68. The lowest BCUT2D eigenvalue weighted by atomic mass is 10.2. The lowest BCUT2D eigenvalue weighted by Gasteiger charge is -2.21. The van der Waals surface area contributed by atoms with Gasteiger partial charge in [-0.3, -0.25) is 4.79 Å². The number of hydrogen-bond acceptors (Lipinski definition) is 5. The molecular weight excluding hydrogens is 246 g/mol. The minimum absolute atomic E-state index is 0.136. The number of aromatic nitrogens is 2. The average Bonchev–Trinajstić information content (AvgIpc) is 2.31. The molecule has 0 spiro atoms. The number of likely N-dealkylation sites (N-methyl/N-ethyl adjacent to an activating group) is 1. The van der Waals surface area contributed by atoms with Gasteiger partial charge in [-0.15, -0.1) is 0 Å². The summed E-state index contributed by atoms with van der Waals surface area (Å²) in [5.74, 6) is 0.732. The number of anilines is 1. The molecule has 1 aromatic heterocycles. The summed E-state index contributed by atoms with van der Waals surface area (Å²) in [4.78, 5) is 18.0. The van der Waals surface area contributed by atoms with E-state index in [0.29, 0.717) is 24.8 Å². The van der Waals surface area contributed by atoms with Crippen molar-refractivity contribution >= 4 is 5.82 Å². The minimum Gasteiger partial charge on any atom is -0.389 e. The number of hydrogen-bond donors (Lipinski definition) is 1. The van der Waals surface area contributed by atoms with Crippen LogP contribution in [0.15, 0.2) is 17.2 Å². The van der Waals surface area contributed by atoms with Gasteiger partial charge in [-0.05, 0) is 5.92 Å². The summed E-state index contributed by atoms with van der Waals surface area (Å²) in [6.07, 6.45) is 2.65. The molecule has 1 heterocycles. The third-order valence-electron chi connectivity index (χ3n) is 2.66. The second kappa shape index (κ2) is 7.25. The summed E-state index contributed by atoms with van der Waals surface area (Å²) < 4.78 is 6.51. The highest BCUT2D eigenvalue weighted by Crippen LogP contribution is 2.03. The molecule has 6 heteroatoms. The molecule has 19 heavy (non-hydrogen) atoms. The van der Waals surface area contributed by atoms with Crippen molar-refractivity contribution in [2.75, 3.05) is 32.2 Å². The Kier molecular flexibility index (Phi) is 5.98. The van der Waals surface area contributed by atoms with Crippen LogP contribution in [0.25, 0.3) is 0 Å². The van der Waals surface area contributed by atoms with Crippen LogP contribution in [0.2, 0.25) is 0 Å². The maximum Gasteiger partial charge on any atom is 0.293 e. The highest BCUT2D eigenvalue weighted by Gasteiger charge is 2.14. The van der Waals surface area contributed by atoms with Gasteiger partial charge in [-0.1, -0.05) is 13.8 Å². The van der Waals surface area contributed by atoms with Crippen LogP contribution in [0.5, 0.6) is 0 Å². The van der Waals surface area contributed by atoms with Crippen molar-refractivity contribution in [3.05, 3.63) is 22.7 Å². The fourth-order valence-corrected chi connectivity index (χ4v) is 1.88. The quantitative estimate of drug-likeness (QED) is 0.773. The Morgan fingerprint density at radius 1 is 1.53 bits per heavy atom. The average molecular weight is 269 g/mol. The Bertz CT molecular complexity index is 445. The first kappa shape index (κ1) is 15.7. The molecule has 0 aliphatic rings. The van der Waals surface area contributed by atoms with E-state index in [1.165, 1.54) is 7.11 Å². The third kappa shape index (κ3) is 4.65. The van der Waals surface area contributed by atoms with Crippen LogP contribution in [0.4, 0.5) is 5.82 Å². The van der Waals surface area contributed by atoms with Crippen LogP contribution in [0.1, 0.15) is 13.8 Å². The molecule has 0 amide bonds. The molecule has 6 nitrogen and oxygen atoms in total. The Labute approximate surface area is 113 Å². The second-order valence-corrected chi connectivity index (χ2v) is 5.09. The number of ether oxygens (including phenoxy) is 1. The van der Waals surface area contributed by atoms with Crippen LogP contribution in [-0.2, 0) is 11.3 Å². The van der Waals surface area contributed by atoms with E-state index in [1.807, 2.05) is 0 Å². The number of aliphatic hydroxyl groups is 1. The topological polar surface area (TPSA) is 67.6 Å². The molecule has 0 saturated heterocycles. The molecule has 108 valence electrons. The molecular formula is C13H23N3O3. The van der Waals surface area contributed by atoms with Gasteiger partial charge < -0.3 is 19.3 Å². The summed E-state index contributed by atoms with van der Waals surface area (Å²) in [6, 6.07) is 0. The van der Waals surface area contributed by atoms with E-state index < -0.39 is 6.10 Å². The first-order chi connectivity index (χ1) is 8.95. The highest BCUT2D eigenvalue weighted by atomic mass is 16.5. The predicted molar refractivity (Wildman–Crippen MR) is 74.5 cm³/mol. The fraction of sp³-hybridized carbons (Fsp3) is 0.692. The molecule has 1 N–H and O–H groups in total. The van der Waals surface area contributed by atoms with Crippen molar-refractivity contribution in [1.82, 2.24) is 9.55 Å². The number of methoxy groups -OCH3 is 1. The molecule has 0 saturated carbocycles. The summed E-state index contributed by atoms with van der Waals surface area (Å²) in [6.45, 7) is 5.30. The van der Waals surface area contributed by atoms with Crippen molar-refractivity contribution in [2.45, 2.75) is 26.5 Å². The van der Waals surface area contributed by atoms with Crippen LogP contribution in [-0.4, -0.2) is 48.1 Å². The predicted octanol–water partition coefficient (Wildman–Crippen LogP) is 0.343. The zero-order chi connectivity index (χ0) is 14.4. The lowest BCUT2D eigenvalue weighted by molar-refractivity contribution is 0.0694. The van der Waals surface area contributed by atoms with E-state index in [2.05, 4.69) is 18.8 Å². The molecule has 1 aromatic rings. The van der Waals surface area contributed by atoms with E-state index in [-0.39, 0.29) is 12.2 Å². The van der Waals surface area contributed by atoms with E-state index in [1.54, 1.807) is 28.9 Å². The molecule has 1 atom stereocenters. The fourth-order valence-electron chi connectivity index (χ4n) is 1.88. The van der Waals surface area contributed by atoms with Gasteiger partial charge in [0.2, 0.25) is 0 Å². The first-order valence-corrected chi connectivity index (χ1v) is 6.39. The normalized spacial score (nSPS) is 12.7. The van der Waals surface area contributed by atoms with Gasteiger partial charge in [0.15, 0.2) is 5.82 Å². The molecule has 1 rings (SSSR count).